The van der Waals surface area contributed by atoms with E-state index in [1.54, 1.807) is 25.1 Å². The number of hydrogen-bond donors (Lipinski definition) is 3. The van der Waals surface area contributed by atoms with Crippen LogP contribution in [0.5, 0.6) is 0 Å². The summed E-state index contributed by atoms with van der Waals surface area (Å²) in [5.74, 6) is -0.918. The summed E-state index contributed by atoms with van der Waals surface area (Å²) < 4.78 is 23.4. The molecule has 0 aliphatic rings. The maximum absolute atomic E-state index is 12.6. The van der Waals surface area contributed by atoms with E-state index in [9.17, 15) is 18.0 Å². The van der Waals surface area contributed by atoms with Crippen molar-refractivity contribution in [2.24, 2.45) is 5.14 Å². The first-order valence-corrected chi connectivity index (χ1v) is 9.44. The fraction of sp³-hybridized carbons (Fsp3) is 0.125. The average Bonchev–Trinajstić information content (AvgIpc) is 2.53. The van der Waals surface area contributed by atoms with Gasteiger partial charge in [-0.2, -0.15) is 0 Å². The molecule has 0 bridgehead atoms. The summed E-state index contributed by atoms with van der Waals surface area (Å²) in [6.07, 6.45) is 0. The molecule has 0 aliphatic heterocycles. The van der Waals surface area contributed by atoms with Gasteiger partial charge in [-0.15, -0.1) is 0 Å². The van der Waals surface area contributed by atoms with Crippen LogP contribution in [0.1, 0.15) is 26.3 Å². The molecule has 0 saturated heterocycles. The molecule has 0 fully saturated rings. The Balaban J connectivity index is 2.45. The largest absolute Gasteiger partial charge is 0.355 e. The van der Waals surface area contributed by atoms with Crippen molar-refractivity contribution in [3.63, 3.8) is 0 Å². The molecular formula is C16H16BrN3O4S. The lowest BCUT2D eigenvalue weighted by Gasteiger charge is -2.13. The number of carbonyl (C=O) groups excluding carboxylic acids is 2. The third-order valence-electron chi connectivity index (χ3n) is 3.49. The maximum Gasteiger partial charge on any atom is 0.256 e. The Hall–Kier alpha value is -2.23. The van der Waals surface area contributed by atoms with Crippen molar-refractivity contribution in [2.45, 2.75) is 11.8 Å². The highest BCUT2D eigenvalue weighted by Crippen LogP contribution is 2.24. The molecule has 0 aliphatic carbocycles. The van der Waals surface area contributed by atoms with Crippen molar-refractivity contribution in [1.29, 1.82) is 0 Å². The molecule has 0 heterocycles. The van der Waals surface area contributed by atoms with Gasteiger partial charge in [0.05, 0.1) is 21.7 Å². The lowest BCUT2D eigenvalue weighted by atomic mass is 10.1. The zero-order valence-electron chi connectivity index (χ0n) is 13.5. The summed E-state index contributed by atoms with van der Waals surface area (Å²) >= 11 is 3.21. The number of sulfonamides is 1. The number of primary sulfonamides is 1. The van der Waals surface area contributed by atoms with E-state index in [0.717, 1.165) is 0 Å². The quantitative estimate of drug-likeness (QED) is 0.693. The van der Waals surface area contributed by atoms with Gasteiger partial charge in [-0.25, -0.2) is 13.6 Å². The van der Waals surface area contributed by atoms with E-state index in [-0.39, 0.29) is 16.4 Å². The zero-order valence-corrected chi connectivity index (χ0v) is 15.9. The molecule has 2 aromatic carbocycles. The van der Waals surface area contributed by atoms with E-state index >= 15 is 0 Å². The number of rotatable bonds is 4. The van der Waals surface area contributed by atoms with Gasteiger partial charge < -0.3 is 10.6 Å². The van der Waals surface area contributed by atoms with Crippen LogP contribution in [0.4, 0.5) is 5.69 Å². The molecule has 0 aromatic heterocycles. The fourth-order valence-corrected chi connectivity index (χ4v) is 3.21. The molecule has 132 valence electrons. The van der Waals surface area contributed by atoms with Gasteiger partial charge in [0, 0.05) is 11.5 Å². The van der Waals surface area contributed by atoms with Crippen molar-refractivity contribution in [3.05, 3.63) is 57.6 Å². The Morgan fingerprint density at radius 3 is 2.40 bits per heavy atom. The first-order chi connectivity index (χ1) is 11.6. The topological polar surface area (TPSA) is 118 Å². The summed E-state index contributed by atoms with van der Waals surface area (Å²) in [5, 5.41) is 10.3. The van der Waals surface area contributed by atoms with Crippen LogP contribution < -0.4 is 15.8 Å². The number of carbonyl (C=O) groups is 2. The van der Waals surface area contributed by atoms with Crippen LogP contribution in [0.15, 0.2) is 45.8 Å². The van der Waals surface area contributed by atoms with Crippen molar-refractivity contribution < 1.29 is 18.0 Å². The molecular weight excluding hydrogens is 410 g/mol. The lowest BCUT2D eigenvalue weighted by Crippen LogP contribution is -2.23. The van der Waals surface area contributed by atoms with E-state index in [1.807, 2.05) is 0 Å². The molecule has 0 spiro atoms. The minimum Gasteiger partial charge on any atom is -0.355 e. The van der Waals surface area contributed by atoms with Crippen LogP contribution in [0.25, 0.3) is 0 Å². The normalized spacial score (nSPS) is 11.0. The van der Waals surface area contributed by atoms with Crippen LogP contribution >= 0.6 is 15.9 Å². The highest BCUT2D eigenvalue weighted by atomic mass is 79.9. The number of halogens is 1. The molecule has 0 atom stereocenters. The monoisotopic (exact) mass is 425 g/mol. The number of anilines is 1. The van der Waals surface area contributed by atoms with Gasteiger partial charge in [0.25, 0.3) is 11.8 Å². The number of benzene rings is 2. The predicted octanol–water partition coefficient (Wildman–Crippen LogP) is 2.02. The summed E-state index contributed by atoms with van der Waals surface area (Å²) in [6, 6.07) is 8.92. The molecule has 0 radical (unpaired) electrons. The Labute approximate surface area is 153 Å². The highest BCUT2D eigenvalue weighted by molar-refractivity contribution is 9.10. The standard InChI is InChI=1S/C16H16BrN3O4S/c1-9-4-3-5-13(14(9)16(22)19-2)20-15(21)11-8-10(25(18,23)24)6-7-12(11)17/h3-8H,1-2H3,(H,19,22)(H,20,21)(H2,18,23,24). The molecule has 7 nitrogen and oxygen atoms in total. The SMILES string of the molecule is CNC(=O)c1c(C)cccc1NC(=O)c1cc(S(N)(=O)=O)ccc1Br. The lowest BCUT2D eigenvalue weighted by molar-refractivity contribution is 0.0963. The second kappa shape index (κ2) is 7.34. The number of nitrogens with one attached hydrogen (secondary N) is 2. The van der Waals surface area contributed by atoms with E-state index in [1.165, 1.54) is 25.2 Å². The van der Waals surface area contributed by atoms with Gasteiger partial charge >= 0.3 is 0 Å². The van der Waals surface area contributed by atoms with Gasteiger partial charge in [0.1, 0.15) is 0 Å². The summed E-state index contributed by atoms with van der Waals surface area (Å²) in [4.78, 5) is 24.5. The summed E-state index contributed by atoms with van der Waals surface area (Å²) in [6.45, 7) is 1.75. The van der Waals surface area contributed by atoms with E-state index in [2.05, 4.69) is 26.6 Å². The number of nitrogens with two attached hydrogens (primary N) is 1. The minimum absolute atomic E-state index is 0.0795. The molecule has 2 aromatic rings. The Morgan fingerprint density at radius 1 is 1.12 bits per heavy atom. The van der Waals surface area contributed by atoms with Gasteiger partial charge in [0.15, 0.2) is 0 Å². The molecule has 2 rings (SSSR count). The summed E-state index contributed by atoms with van der Waals surface area (Å²) in [5.41, 5.74) is 1.42. The van der Waals surface area contributed by atoms with Gasteiger partial charge in [-0.05, 0) is 52.7 Å². The molecule has 0 saturated carbocycles. The van der Waals surface area contributed by atoms with Crippen LogP contribution in [0.2, 0.25) is 0 Å². The number of aryl methyl sites for hydroxylation is 1. The maximum atomic E-state index is 12.6. The van der Waals surface area contributed by atoms with E-state index in [0.29, 0.717) is 21.3 Å². The molecule has 4 N–H and O–H groups in total. The molecule has 0 unspecified atom stereocenters. The zero-order chi connectivity index (χ0) is 18.8. The van der Waals surface area contributed by atoms with Crippen LogP contribution in [0.3, 0.4) is 0 Å². The Bertz CT molecular complexity index is 958. The fourth-order valence-electron chi connectivity index (χ4n) is 2.24. The van der Waals surface area contributed by atoms with Crippen molar-refractivity contribution >= 4 is 43.5 Å². The van der Waals surface area contributed by atoms with Crippen molar-refractivity contribution in [3.8, 4) is 0 Å². The summed E-state index contributed by atoms with van der Waals surface area (Å²) in [7, 11) is -2.45. The highest BCUT2D eigenvalue weighted by Gasteiger charge is 2.19. The minimum atomic E-state index is -3.95. The van der Waals surface area contributed by atoms with Crippen LogP contribution in [-0.4, -0.2) is 27.3 Å². The van der Waals surface area contributed by atoms with Gasteiger partial charge in [-0.1, -0.05) is 12.1 Å². The Kier molecular flexibility index (Phi) is 5.61. The Morgan fingerprint density at radius 2 is 1.80 bits per heavy atom. The number of hydrogen-bond acceptors (Lipinski definition) is 4. The predicted molar refractivity (Wildman–Crippen MR) is 98.0 cm³/mol. The first kappa shape index (κ1) is 19.1. The van der Waals surface area contributed by atoms with Crippen LogP contribution in [0, 0.1) is 6.92 Å². The van der Waals surface area contributed by atoms with E-state index in [4.69, 9.17) is 5.14 Å². The van der Waals surface area contributed by atoms with E-state index < -0.39 is 15.9 Å². The molecule has 25 heavy (non-hydrogen) atoms. The third-order valence-corrected chi connectivity index (χ3v) is 5.09. The van der Waals surface area contributed by atoms with Gasteiger partial charge in [0.2, 0.25) is 10.0 Å². The molecule has 2 amide bonds. The van der Waals surface area contributed by atoms with Gasteiger partial charge in [-0.3, -0.25) is 9.59 Å². The van der Waals surface area contributed by atoms with Crippen molar-refractivity contribution in [2.75, 3.05) is 12.4 Å². The second-order valence-electron chi connectivity index (χ2n) is 5.22. The van der Waals surface area contributed by atoms with Crippen molar-refractivity contribution in [1.82, 2.24) is 5.32 Å². The smallest absolute Gasteiger partial charge is 0.256 e. The third kappa shape index (κ3) is 4.25. The second-order valence-corrected chi connectivity index (χ2v) is 7.63. The average molecular weight is 426 g/mol. The van der Waals surface area contributed by atoms with Crippen LogP contribution in [-0.2, 0) is 10.0 Å². The number of amides is 2. The first-order valence-electron chi connectivity index (χ1n) is 7.10. The molecule has 9 heteroatoms.